The summed E-state index contributed by atoms with van der Waals surface area (Å²) >= 11 is 6.40. The second kappa shape index (κ2) is 12.1. The van der Waals surface area contributed by atoms with Crippen molar-refractivity contribution in [2.24, 2.45) is 17.8 Å². The van der Waals surface area contributed by atoms with Crippen LogP contribution in [0.25, 0.3) is 0 Å². The molecular weight excluding hydrogens is 588 g/mol. The first-order chi connectivity index (χ1) is 20.6. The Balaban J connectivity index is 1.43. The van der Waals surface area contributed by atoms with Gasteiger partial charge in [0.05, 0.1) is 23.6 Å². The minimum Gasteiger partial charge on any atom is -0.490 e. The molecule has 8 nitrogen and oxygen atoms in total. The van der Waals surface area contributed by atoms with Crippen LogP contribution in [0.4, 0.5) is 5.69 Å². The van der Waals surface area contributed by atoms with E-state index in [4.69, 9.17) is 21.1 Å². The Bertz CT molecular complexity index is 1510. The number of anilines is 1. The molecule has 6 rings (SSSR count). The highest BCUT2D eigenvalue weighted by Crippen LogP contribution is 2.47. The maximum atomic E-state index is 13.4. The molecule has 2 aliphatic carbocycles. The topological polar surface area (TPSA) is 105 Å². The summed E-state index contributed by atoms with van der Waals surface area (Å²) in [5.41, 5.74) is 3.32. The van der Waals surface area contributed by atoms with Crippen molar-refractivity contribution >= 4 is 33.2 Å². The highest BCUT2D eigenvalue weighted by atomic mass is 35.5. The first-order valence-corrected chi connectivity index (χ1v) is 17.2. The smallest absolute Gasteiger partial charge is 0.264 e. The summed E-state index contributed by atoms with van der Waals surface area (Å²) < 4.78 is 41.3. The number of rotatable bonds is 2. The van der Waals surface area contributed by atoms with Crippen molar-refractivity contribution in [2.45, 2.75) is 62.2 Å². The predicted octanol–water partition coefficient (Wildman–Crippen LogP) is 4.87. The number of sulfonamides is 1. The fourth-order valence-corrected chi connectivity index (χ4v) is 8.99. The van der Waals surface area contributed by atoms with Crippen LogP contribution in [-0.4, -0.2) is 64.2 Å². The van der Waals surface area contributed by atoms with Gasteiger partial charge in [-0.25, -0.2) is 13.1 Å². The van der Waals surface area contributed by atoms with Gasteiger partial charge in [0.15, 0.2) is 0 Å². The zero-order valence-electron chi connectivity index (χ0n) is 24.8. The van der Waals surface area contributed by atoms with Crippen molar-refractivity contribution in [1.82, 2.24) is 4.72 Å². The zero-order valence-corrected chi connectivity index (χ0v) is 26.4. The summed E-state index contributed by atoms with van der Waals surface area (Å²) in [6.07, 6.45) is 9.27. The highest BCUT2D eigenvalue weighted by molar-refractivity contribution is 7.90. The van der Waals surface area contributed by atoms with E-state index in [-0.39, 0.29) is 23.7 Å². The molecule has 2 aromatic rings. The van der Waals surface area contributed by atoms with Crippen molar-refractivity contribution in [3.05, 3.63) is 70.3 Å². The quantitative estimate of drug-likeness (QED) is 0.457. The standard InChI is InChI=1S/C33H41ClN2O6S/c1-21-25(18-37)5-3-7-30(41-2)27-11-8-24(27)17-36-19-33(14-4-6-22-15-26(34)10-12-28(22)33)20-42-31-13-9-23(16-29(31)36)32(38)35-43(21,39)40/h3,7,9-10,12-13,15-16,21,24-25,27,30,37H,4-6,8,11,14,17-20H2,1-2H3,(H,35,38)/b7-3-/t21-,24+,25-,27-,30+,33+/m1/s1. The van der Waals surface area contributed by atoms with Gasteiger partial charge in [-0.15, -0.1) is 0 Å². The Labute approximate surface area is 259 Å². The number of allylic oxidation sites excluding steroid dienone is 1. The van der Waals surface area contributed by atoms with Gasteiger partial charge >= 0.3 is 0 Å². The number of halogens is 1. The molecular formula is C33H41ClN2O6S. The summed E-state index contributed by atoms with van der Waals surface area (Å²) in [6, 6.07) is 11.4. The number of aryl methyl sites for hydroxylation is 1. The van der Waals surface area contributed by atoms with Crippen LogP contribution in [0, 0.1) is 17.8 Å². The molecule has 10 heteroatoms. The molecule has 1 amide bonds. The fraction of sp³-hybridized carbons (Fsp3) is 0.545. The number of amides is 1. The third kappa shape index (κ3) is 5.81. The lowest BCUT2D eigenvalue weighted by atomic mass is 9.68. The number of aliphatic hydroxyl groups excluding tert-OH is 1. The van der Waals surface area contributed by atoms with Crippen molar-refractivity contribution < 1.29 is 27.8 Å². The van der Waals surface area contributed by atoms with Crippen molar-refractivity contribution in [3.8, 4) is 5.75 Å². The molecule has 0 saturated heterocycles. The lowest BCUT2D eigenvalue weighted by Crippen LogP contribution is -2.49. The molecule has 2 aromatic carbocycles. The Hall–Kier alpha value is -2.59. The molecule has 2 bridgehead atoms. The zero-order chi connectivity index (χ0) is 30.4. The van der Waals surface area contributed by atoms with Crippen LogP contribution < -0.4 is 14.4 Å². The van der Waals surface area contributed by atoms with Crippen LogP contribution in [-0.2, 0) is 26.6 Å². The molecule has 2 heterocycles. The number of carbonyl (C=O) groups is 1. The second-order valence-corrected chi connectivity index (χ2v) is 15.3. The number of nitrogens with one attached hydrogen (secondary N) is 1. The van der Waals surface area contributed by atoms with E-state index in [1.165, 1.54) is 18.1 Å². The largest absolute Gasteiger partial charge is 0.490 e. The molecule has 0 unspecified atom stereocenters. The Morgan fingerprint density at radius 2 is 2.05 bits per heavy atom. The molecule has 2 N–H and O–H groups in total. The molecule has 0 radical (unpaired) electrons. The average molecular weight is 629 g/mol. The van der Waals surface area contributed by atoms with Gasteiger partial charge in [0.25, 0.3) is 5.91 Å². The number of fused-ring (bicyclic) bond motifs is 4. The molecule has 0 aromatic heterocycles. The molecule has 1 fully saturated rings. The third-order valence-electron chi connectivity index (χ3n) is 10.3. The number of hydrogen-bond acceptors (Lipinski definition) is 7. The van der Waals surface area contributed by atoms with Crippen LogP contribution in [0.15, 0.2) is 48.6 Å². The molecule has 4 aliphatic rings. The number of aliphatic hydroxyl groups is 1. The van der Waals surface area contributed by atoms with E-state index < -0.39 is 27.1 Å². The Morgan fingerprint density at radius 3 is 2.79 bits per heavy atom. The van der Waals surface area contributed by atoms with E-state index in [9.17, 15) is 18.3 Å². The van der Waals surface area contributed by atoms with Crippen LogP contribution in [0.3, 0.4) is 0 Å². The molecule has 43 heavy (non-hydrogen) atoms. The van der Waals surface area contributed by atoms with Gasteiger partial charge in [-0.2, -0.15) is 0 Å². The van der Waals surface area contributed by atoms with Gasteiger partial charge in [0, 0.05) is 48.7 Å². The minimum atomic E-state index is -4.06. The van der Waals surface area contributed by atoms with Gasteiger partial charge in [-0.1, -0.05) is 29.8 Å². The first-order valence-electron chi connectivity index (χ1n) is 15.3. The number of benzene rings is 2. The van der Waals surface area contributed by atoms with Gasteiger partial charge in [0.2, 0.25) is 10.0 Å². The number of hydrogen-bond donors (Lipinski definition) is 2. The van der Waals surface area contributed by atoms with E-state index in [2.05, 4.69) is 21.8 Å². The minimum absolute atomic E-state index is 0.113. The van der Waals surface area contributed by atoms with Crippen LogP contribution in [0.1, 0.15) is 60.5 Å². The Kier molecular flexibility index (Phi) is 8.54. The molecule has 2 aliphatic heterocycles. The van der Waals surface area contributed by atoms with Crippen molar-refractivity contribution in [3.63, 3.8) is 0 Å². The monoisotopic (exact) mass is 628 g/mol. The Morgan fingerprint density at radius 1 is 1.21 bits per heavy atom. The first kappa shape index (κ1) is 30.4. The highest BCUT2D eigenvalue weighted by Gasteiger charge is 2.44. The third-order valence-corrected chi connectivity index (χ3v) is 12.4. The summed E-state index contributed by atoms with van der Waals surface area (Å²) in [5, 5.41) is 9.78. The van der Waals surface area contributed by atoms with Crippen LogP contribution >= 0.6 is 11.6 Å². The van der Waals surface area contributed by atoms with E-state index in [1.807, 2.05) is 18.2 Å². The predicted molar refractivity (Wildman–Crippen MR) is 167 cm³/mol. The molecule has 1 saturated carbocycles. The van der Waals surface area contributed by atoms with Gasteiger partial charge in [-0.05, 0) is 98.7 Å². The summed E-state index contributed by atoms with van der Waals surface area (Å²) in [6.45, 7) is 3.20. The summed E-state index contributed by atoms with van der Waals surface area (Å²) in [7, 11) is -2.34. The molecule has 6 atom stereocenters. The van der Waals surface area contributed by atoms with Gasteiger partial charge in [0.1, 0.15) is 5.75 Å². The summed E-state index contributed by atoms with van der Waals surface area (Å²) in [4.78, 5) is 15.7. The van der Waals surface area contributed by atoms with E-state index >= 15 is 0 Å². The van der Waals surface area contributed by atoms with Crippen LogP contribution in [0.2, 0.25) is 5.02 Å². The van der Waals surface area contributed by atoms with E-state index in [0.717, 1.165) is 49.4 Å². The lowest BCUT2D eigenvalue weighted by molar-refractivity contribution is 0.0131. The lowest BCUT2D eigenvalue weighted by Gasteiger charge is -2.46. The van der Waals surface area contributed by atoms with Crippen LogP contribution in [0.5, 0.6) is 5.75 Å². The SMILES string of the molecule is CO[C@H]1/C=C\C[C@H](CO)[C@@H](C)S(=O)(=O)NC(=O)c2ccc3c(c2)N(C[C@@H]2CC[C@H]21)C[C@@]1(CCCc2cc(Cl)ccc21)CO3. The number of carbonyl (C=O) groups excluding carboxylic acids is 1. The maximum Gasteiger partial charge on any atom is 0.264 e. The number of methoxy groups -OCH3 is 1. The maximum absolute atomic E-state index is 13.4. The van der Waals surface area contributed by atoms with Gasteiger partial charge < -0.3 is 19.5 Å². The number of nitrogens with zero attached hydrogens (tertiary/aromatic N) is 1. The second-order valence-electron chi connectivity index (χ2n) is 12.8. The normalized spacial score (nSPS) is 32.8. The summed E-state index contributed by atoms with van der Waals surface area (Å²) in [5.74, 6) is 0.0990. The van der Waals surface area contributed by atoms with E-state index in [1.54, 1.807) is 25.3 Å². The van der Waals surface area contributed by atoms with E-state index in [0.29, 0.717) is 37.2 Å². The number of ether oxygens (including phenoxy) is 2. The molecule has 1 spiro atoms. The van der Waals surface area contributed by atoms with Crippen molar-refractivity contribution in [2.75, 3.05) is 38.3 Å². The molecule has 232 valence electrons. The van der Waals surface area contributed by atoms with Crippen molar-refractivity contribution in [1.29, 1.82) is 0 Å². The fourth-order valence-electron chi connectivity index (χ4n) is 7.52. The van der Waals surface area contributed by atoms with Gasteiger partial charge in [-0.3, -0.25) is 4.79 Å². The average Bonchev–Trinajstić information content (AvgIpc) is 3.12.